The molecule has 2 bridgehead atoms. The lowest BCUT2D eigenvalue weighted by Gasteiger charge is -2.63. The topological polar surface area (TPSA) is 115 Å². The molecule has 0 N–H and O–H groups in total. The van der Waals surface area contributed by atoms with E-state index >= 15 is 0 Å². The molecule has 6 rings (SSSR count). The molecule has 9 nitrogen and oxygen atoms in total. The number of likely N-dealkylation sites (tertiary alicyclic amines) is 1. The van der Waals surface area contributed by atoms with Crippen molar-refractivity contribution in [2.75, 3.05) is 20.8 Å². The molecule has 8 unspecified atom stereocenters. The molecule has 176 valence electrons. The maximum atomic E-state index is 13.4. The van der Waals surface area contributed by atoms with Crippen molar-refractivity contribution in [2.24, 2.45) is 57.5 Å². The van der Waals surface area contributed by atoms with E-state index in [4.69, 9.17) is 9.47 Å². The van der Waals surface area contributed by atoms with E-state index in [1.165, 1.54) is 19.1 Å². The quantitative estimate of drug-likeness (QED) is 0.246. The highest BCUT2D eigenvalue weighted by atomic mass is 28.3. The number of nitrogens with zero attached hydrogens (tertiary/aromatic N) is 3. The third-order valence-corrected chi connectivity index (χ3v) is 9.84. The Labute approximate surface area is 193 Å². The molecular formula is C23H29N3O6Si. The monoisotopic (exact) mass is 471 g/mol. The van der Waals surface area contributed by atoms with Crippen molar-refractivity contribution in [1.82, 2.24) is 4.90 Å². The summed E-state index contributed by atoms with van der Waals surface area (Å²) in [6.45, 7) is 5.00. The number of carbonyl (C=O) groups excluding carboxylic acids is 4. The number of carbonyl (C=O) groups is 4. The third-order valence-electron chi connectivity index (χ3n) is 8.27. The van der Waals surface area contributed by atoms with E-state index in [0.29, 0.717) is 6.54 Å². The number of fused-ring (bicyclic) bond motifs is 1. The second kappa shape index (κ2) is 8.00. The third kappa shape index (κ3) is 3.02. The Morgan fingerprint density at radius 2 is 1.33 bits per heavy atom. The maximum absolute atomic E-state index is 13.4. The molecule has 3 fully saturated rings. The van der Waals surface area contributed by atoms with Gasteiger partial charge in [0.05, 0.1) is 26.1 Å². The van der Waals surface area contributed by atoms with E-state index in [1.54, 1.807) is 0 Å². The fourth-order valence-corrected chi connectivity index (χ4v) is 8.01. The molecule has 4 aliphatic carbocycles. The molecule has 0 aromatic heterocycles. The average molecular weight is 472 g/mol. The van der Waals surface area contributed by atoms with Gasteiger partial charge in [0.15, 0.2) is 11.4 Å². The average Bonchev–Trinajstić information content (AvgIpc) is 3.06. The Bertz CT molecular complexity index is 948. The summed E-state index contributed by atoms with van der Waals surface area (Å²) in [6.07, 6.45) is 4.93. The minimum atomic E-state index is -0.763. The molecule has 0 aromatic carbocycles. The normalized spacial score (nSPS) is 37.7. The molecule has 6 aliphatic rings. The number of methoxy groups -OCH3 is 2. The van der Waals surface area contributed by atoms with Crippen molar-refractivity contribution in [3.8, 4) is 0 Å². The number of amides is 2. The molecular weight excluding hydrogens is 442 g/mol. The minimum absolute atomic E-state index is 0.0703. The Morgan fingerprint density at radius 1 is 0.879 bits per heavy atom. The molecule has 0 radical (unpaired) electrons. The molecule has 10 heteroatoms. The van der Waals surface area contributed by atoms with Crippen molar-refractivity contribution in [3.05, 3.63) is 12.2 Å². The molecule has 2 amide bonds. The number of imide groups is 1. The number of rotatable bonds is 6. The Hall–Kier alpha value is -2.62. The number of esters is 2. The number of hydrogen-bond donors (Lipinski definition) is 0. The van der Waals surface area contributed by atoms with Crippen LogP contribution in [0.25, 0.3) is 0 Å². The molecule has 1 saturated heterocycles. The summed E-state index contributed by atoms with van der Waals surface area (Å²) in [6, 6.07) is 1.09. The van der Waals surface area contributed by atoms with Gasteiger partial charge in [-0.05, 0) is 30.1 Å². The predicted molar refractivity (Wildman–Crippen MR) is 121 cm³/mol. The first-order valence-electron chi connectivity index (χ1n) is 11.7. The van der Waals surface area contributed by atoms with Gasteiger partial charge in [-0.2, -0.15) is 0 Å². The summed E-state index contributed by atoms with van der Waals surface area (Å²) < 4.78 is 9.86. The maximum Gasteiger partial charge on any atom is 0.354 e. The van der Waals surface area contributed by atoms with Crippen LogP contribution in [0.2, 0.25) is 19.1 Å². The summed E-state index contributed by atoms with van der Waals surface area (Å²) in [4.78, 5) is 53.2. The van der Waals surface area contributed by atoms with Gasteiger partial charge in [0.1, 0.15) is 0 Å². The lowest BCUT2D eigenvalue weighted by Crippen LogP contribution is -2.68. The van der Waals surface area contributed by atoms with E-state index in [9.17, 15) is 19.2 Å². The van der Waals surface area contributed by atoms with Crippen LogP contribution in [0.3, 0.4) is 0 Å². The number of ether oxygens (including phenoxy) is 2. The Balaban J connectivity index is 1.48. The van der Waals surface area contributed by atoms with Gasteiger partial charge in [-0.25, -0.2) is 9.59 Å². The van der Waals surface area contributed by atoms with Gasteiger partial charge in [0.25, 0.3) is 0 Å². The smallest absolute Gasteiger partial charge is 0.354 e. The first-order valence-corrected chi connectivity index (χ1v) is 14.8. The SMILES string of the molecule is COC(=O)C1=NN=C(C(=O)OC)C2C1C1C3C=CC(C4C(=O)N(CCC[SiH](C)C)C(=O)C34)C21. The highest BCUT2D eigenvalue weighted by Crippen LogP contribution is 2.67. The molecule has 0 aromatic rings. The molecule has 8 atom stereocenters. The van der Waals surface area contributed by atoms with Gasteiger partial charge >= 0.3 is 11.9 Å². The van der Waals surface area contributed by atoms with Gasteiger partial charge < -0.3 is 9.47 Å². The van der Waals surface area contributed by atoms with E-state index in [0.717, 1.165) is 12.5 Å². The van der Waals surface area contributed by atoms with Gasteiger partial charge in [-0.3, -0.25) is 14.5 Å². The highest BCUT2D eigenvalue weighted by molar-refractivity contribution is 6.55. The van der Waals surface area contributed by atoms with Gasteiger partial charge in [-0.1, -0.05) is 31.3 Å². The first kappa shape index (κ1) is 22.2. The lowest BCUT2D eigenvalue weighted by atomic mass is 9.38. The highest BCUT2D eigenvalue weighted by Gasteiger charge is 2.72. The molecule has 33 heavy (non-hydrogen) atoms. The standard InChI is InChI=1S/C23H29N3O6Si/c1-31-22(29)18-16-12-10-6-7-11(13(12)17(16)19(25-24-18)23(30)32-2)15-14(10)20(27)26(21(15)28)8-5-9-33(3)4/h6-7,10-17,33H,5,8-9H2,1-4H3. The second-order valence-corrected chi connectivity index (χ2v) is 13.5. The molecule has 0 spiro atoms. The van der Waals surface area contributed by atoms with Crippen LogP contribution in [-0.2, 0) is 28.7 Å². The zero-order valence-corrected chi connectivity index (χ0v) is 20.4. The molecule has 2 aliphatic heterocycles. The van der Waals surface area contributed by atoms with Crippen LogP contribution < -0.4 is 0 Å². The number of allylic oxidation sites excluding steroid dienone is 2. The Morgan fingerprint density at radius 3 is 1.73 bits per heavy atom. The predicted octanol–water partition coefficient (Wildman–Crippen LogP) is 0.915. The van der Waals surface area contributed by atoms with Crippen molar-refractivity contribution in [1.29, 1.82) is 0 Å². The molecule has 2 saturated carbocycles. The summed E-state index contributed by atoms with van der Waals surface area (Å²) in [5.74, 6) is -3.42. The van der Waals surface area contributed by atoms with E-state index < -0.39 is 32.6 Å². The van der Waals surface area contributed by atoms with E-state index in [2.05, 4.69) is 23.3 Å². The van der Waals surface area contributed by atoms with Crippen molar-refractivity contribution < 1.29 is 28.7 Å². The van der Waals surface area contributed by atoms with Crippen LogP contribution in [0.15, 0.2) is 22.4 Å². The summed E-state index contributed by atoms with van der Waals surface area (Å²) >= 11 is 0. The Kier molecular flexibility index (Phi) is 5.38. The van der Waals surface area contributed by atoms with Crippen molar-refractivity contribution >= 4 is 44.0 Å². The summed E-state index contributed by atoms with van der Waals surface area (Å²) in [5, 5.41) is 8.09. The van der Waals surface area contributed by atoms with Crippen molar-refractivity contribution in [3.63, 3.8) is 0 Å². The van der Waals surface area contributed by atoms with Crippen molar-refractivity contribution in [2.45, 2.75) is 25.6 Å². The van der Waals surface area contributed by atoms with Crippen LogP contribution in [-0.4, -0.2) is 69.6 Å². The zero-order chi connectivity index (χ0) is 23.6. The van der Waals surface area contributed by atoms with Gasteiger partial charge in [0.2, 0.25) is 11.8 Å². The largest absolute Gasteiger partial charge is 0.464 e. The van der Waals surface area contributed by atoms with Crippen LogP contribution in [0.1, 0.15) is 6.42 Å². The van der Waals surface area contributed by atoms with Crippen LogP contribution in [0, 0.1) is 47.3 Å². The van der Waals surface area contributed by atoms with Crippen LogP contribution in [0.5, 0.6) is 0 Å². The number of hydrogen-bond acceptors (Lipinski definition) is 8. The lowest BCUT2D eigenvalue weighted by molar-refractivity contribution is -0.147. The molecule has 2 heterocycles. The zero-order valence-electron chi connectivity index (χ0n) is 19.3. The fourth-order valence-electron chi connectivity index (χ4n) is 7.01. The van der Waals surface area contributed by atoms with E-state index in [1.807, 2.05) is 12.2 Å². The van der Waals surface area contributed by atoms with Gasteiger partial charge in [0, 0.05) is 27.2 Å². The van der Waals surface area contributed by atoms with E-state index in [-0.39, 0.29) is 58.7 Å². The second-order valence-electron chi connectivity index (χ2n) is 10.1. The van der Waals surface area contributed by atoms with Gasteiger partial charge in [-0.15, -0.1) is 10.2 Å². The summed E-state index contributed by atoms with van der Waals surface area (Å²) in [7, 11) is 1.81. The first-order chi connectivity index (χ1) is 15.8. The summed E-state index contributed by atoms with van der Waals surface area (Å²) in [5.41, 5.74) is 0.369. The minimum Gasteiger partial charge on any atom is -0.464 e. The van der Waals surface area contributed by atoms with Crippen LogP contribution in [0.4, 0.5) is 0 Å². The van der Waals surface area contributed by atoms with Crippen LogP contribution >= 0.6 is 0 Å². The fraction of sp³-hybridized carbons (Fsp3) is 0.652.